The molecule has 0 spiro atoms. The zero-order valence-corrected chi connectivity index (χ0v) is 19.6. The van der Waals surface area contributed by atoms with Crippen LogP contribution in [0.5, 0.6) is 0 Å². The van der Waals surface area contributed by atoms with Gasteiger partial charge in [0.2, 0.25) is 0 Å². The Hall–Kier alpha value is -1.28. The van der Waals surface area contributed by atoms with Crippen molar-refractivity contribution in [2.75, 3.05) is 6.54 Å². The third kappa shape index (κ3) is 4.90. The standard InChI is InChI=1S/C22H21BrClF3N2O.ClH/c23-15-6-1-5-14(10-15)19(21-9-3-4-13(11-21)12-28-21)29-20(30)16-7-2-8-17(18(16)24)22(25,26)27;/h1-2,5-8,10,13,19,28H,3-4,9,11-12H2,(H,29,30);1H. The lowest BCUT2D eigenvalue weighted by molar-refractivity contribution is -0.137. The molecule has 1 saturated heterocycles. The summed E-state index contributed by atoms with van der Waals surface area (Å²) in [5.41, 5.74) is -0.608. The van der Waals surface area contributed by atoms with Crippen LogP contribution in [0, 0.1) is 5.92 Å². The molecule has 1 aliphatic heterocycles. The van der Waals surface area contributed by atoms with E-state index in [0.717, 1.165) is 48.3 Å². The molecule has 4 rings (SSSR count). The van der Waals surface area contributed by atoms with Crippen LogP contribution < -0.4 is 10.6 Å². The number of alkyl halides is 3. The monoisotopic (exact) mass is 536 g/mol. The van der Waals surface area contributed by atoms with Crippen LogP contribution in [-0.4, -0.2) is 18.0 Å². The average molecular weight is 538 g/mol. The van der Waals surface area contributed by atoms with E-state index in [4.69, 9.17) is 11.6 Å². The third-order valence-electron chi connectivity index (χ3n) is 6.19. The predicted octanol–water partition coefficient (Wildman–Crippen LogP) is 6.55. The normalized spacial score (nSPS) is 23.7. The minimum Gasteiger partial charge on any atom is -0.343 e. The molecule has 1 amide bonds. The molecule has 2 aromatic carbocycles. The van der Waals surface area contributed by atoms with Crippen molar-refractivity contribution in [3.05, 3.63) is 68.7 Å². The SMILES string of the molecule is Cl.O=C(NC(c1cccc(Br)c1)C12CCCC(CN1)C2)c1cccc(C(F)(F)F)c1Cl. The van der Waals surface area contributed by atoms with Gasteiger partial charge in [-0.3, -0.25) is 4.79 Å². The van der Waals surface area contributed by atoms with Gasteiger partial charge in [0.1, 0.15) is 0 Å². The zero-order valence-electron chi connectivity index (χ0n) is 16.4. The summed E-state index contributed by atoms with van der Waals surface area (Å²) >= 11 is 9.48. The highest BCUT2D eigenvalue weighted by Gasteiger charge is 2.48. The van der Waals surface area contributed by atoms with Gasteiger partial charge in [-0.2, -0.15) is 13.2 Å². The summed E-state index contributed by atoms with van der Waals surface area (Å²) in [6, 6.07) is 10.7. The van der Waals surface area contributed by atoms with Crippen molar-refractivity contribution in [3.8, 4) is 0 Å². The van der Waals surface area contributed by atoms with Gasteiger partial charge in [-0.1, -0.05) is 52.2 Å². The number of hydrogen-bond donors (Lipinski definition) is 2. The number of nitrogens with one attached hydrogen (secondary N) is 2. The fraction of sp³-hybridized carbons (Fsp3) is 0.409. The smallest absolute Gasteiger partial charge is 0.343 e. The maximum Gasteiger partial charge on any atom is 0.417 e. The van der Waals surface area contributed by atoms with Crippen LogP contribution in [0.1, 0.15) is 53.2 Å². The van der Waals surface area contributed by atoms with Gasteiger partial charge in [0.05, 0.1) is 22.2 Å². The average Bonchev–Trinajstić information content (AvgIpc) is 2.99. The lowest BCUT2D eigenvalue weighted by atomic mass is 9.73. The Morgan fingerprint density at radius 3 is 2.71 bits per heavy atom. The fourth-order valence-electron chi connectivity index (χ4n) is 4.83. The molecule has 31 heavy (non-hydrogen) atoms. The van der Waals surface area contributed by atoms with Gasteiger partial charge >= 0.3 is 6.18 Å². The molecule has 2 N–H and O–H groups in total. The van der Waals surface area contributed by atoms with Crippen LogP contribution >= 0.6 is 39.9 Å². The van der Waals surface area contributed by atoms with E-state index in [0.29, 0.717) is 5.92 Å². The molecule has 168 valence electrons. The molecule has 1 aliphatic carbocycles. The molecule has 0 radical (unpaired) electrons. The second kappa shape index (κ2) is 9.30. The predicted molar refractivity (Wildman–Crippen MR) is 121 cm³/mol. The van der Waals surface area contributed by atoms with Crippen molar-refractivity contribution >= 4 is 45.8 Å². The number of fused-ring (bicyclic) bond motifs is 2. The number of carbonyl (C=O) groups is 1. The first-order valence-corrected chi connectivity index (χ1v) is 11.0. The highest BCUT2D eigenvalue weighted by atomic mass is 79.9. The Balaban J connectivity index is 0.00000272. The van der Waals surface area contributed by atoms with Gasteiger partial charge in [-0.15, -0.1) is 12.4 Å². The highest BCUT2D eigenvalue weighted by molar-refractivity contribution is 9.10. The van der Waals surface area contributed by atoms with Crippen LogP contribution in [0.3, 0.4) is 0 Å². The second-order valence-electron chi connectivity index (χ2n) is 8.13. The molecule has 2 aromatic rings. The first-order valence-electron chi connectivity index (χ1n) is 9.87. The number of amides is 1. The van der Waals surface area contributed by atoms with Crippen molar-refractivity contribution in [3.63, 3.8) is 0 Å². The summed E-state index contributed by atoms with van der Waals surface area (Å²) in [7, 11) is 0. The zero-order chi connectivity index (χ0) is 21.5. The van der Waals surface area contributed by atoms with Gasteiger partial charge < -0.3 is 10.6 Å². The molecule has 1 heterocycles. The summed E-state index contributed by atoms with van der Waals surface area (Å²) in [6.45, 7) is 0.880. The molecular formula is C22H22BrCl2F3N2O. The quantitative estimate of drug-likeness (QED) is 0.464. The Labute approximate surface area is 198 Å². The fourth-order valence-corrected chi connectivity index (χ4v) is 5.57. The Kier molecular flexibility index (Phi) is 7.31. The van der Waals surface area contributed by atoms with Crippen LogP contribution in [0.25, 0.3) is 0 Å². The van der Waals surface area contributed by atoms with E-state index < -0.39 is 28.7 Å². The van der Waals surface area contributed by atoms with Gasteiger partial charge in [0, 0.05) is 10.0 Å². The first-order chi connectivity index (χ1) is 14.2. The minimum atomic E-state index is -4.63. The second-order valence-corrected chi connectivity index (χ2v) is 9.42. The van der Waals surface area contributed by atoms with E-state index in [1.54, 1.807) is 0 Å². The van der Waals surface area contributed by atoms with E-state index >= 15 is 0 Å². The molecule has 2 aliphatic rings. The largest absolute Gasteiger partial charge is 0.417 e. The van der Waals surface area contributed by atoms with E-state index in [9.17, 15) is 18.0 Å². The van der Waals surface area contributed by atoms with E-state index in [1.165, 1.54) is 12.1 Å². The van der Waals surface area contributed by atoms with E-state index in [-0.39, 0.29) is 23.5 Å². The number of benzene rings is 2. The molecule has 1 saturated carbocycles. The Morgan fingerprint density at radius 1 is 1.26 bits per heavy atom. The van der Waals surface area contributed by atoms with Gasteiger partial charge in [0.15, 0.2) is 0 Å². The molecule has 3 atom stereocenters. The number of carbonyl (C=O) groups excluding carboxylic acids is 1. The third-order valence-corrected chi connectivity index (χ3v) is 7.09. The highest BCUT2D eigenvalue weighted by Crippen LogP contribution is 2.45. The summed E-state index contributed by atoms with van der Waals surface area (Å²) in [5.74, 6) is -0.0660. The molecule has 3 unspecified atom stereocenters. The number of halogens is 6. The lowest BCUT2D eigenvalue weighted by Gasteiger charge is -2.41. The van der Waals surface area contributed by atoms with Crippen molar-refractivity contribution in [2.45, 2.75) is 43.4 Å². The van der Waals surface area contributed by atoms with Crippen molar-refractivity contribution < 1.29 is 18.0 Å². The maximum atomic E-state index is 13.2. The first kappa shape index (κ1) is 24.4. The molecule has 9 heteroatoms. The van der Waals surface area contributed by atoms with E-state index in [1.807, 2.05) is 24.3 Å². The summed E-state index contributed by atoms with van der Waals surface area (Å²) in [6.07, 6.45) is -0.632. The van der Waals surface area contributed by atoms with Crippen molar-refractivity contribution in [1.29, 1.82) is 0 Å². The summed E-state index contributed by atoms with van der Waals surface area (Å²) < 4.78 is 40.6. The van der Waals surface area contributed by atoms with Crippen molar-refractivity contribution in [2.24, 2.45) is 5.92 Å². The molecule has 2 bridgehead atoms. The number of rotatable bonds is 4. The van der Waals surface area contributed by atoms with Crippen LogP contribution in [0.4, 0.5) is 13.2 Å². The Morgan fingerprint density at radius 2 is 2.00 bits per heavy atom. The molecule has 0 aromatic heterocycles. The minimum absolute atomic E-state index is 0. The summed E-state index contributed by atoms with van der Waals surface area (Å²) in [5, 5.41) is 6.05. The maximum absolute atomic E-state index is 13.2. The van der Waals surface area contributed by atoms with Crippen molar-refractivity contribution in [1.82, 2.24) is 10.6 Å². The van der Waals surface area contributed by atoms with Crippen LogP contribution in [0.15, 0.2) is 46.9 Å². The summed E-state index contributed by atoms with van der Waals surface area (Å²) in [4.78, 5) is 13.1. The topological polar surface area (TPSA) is 41.1 Å². The van der Waals surface area contributed by atoms with Gasteiger partial charge in [-0.25, -0.2) is 0 Å². The van der Waals surface area contributed by atoms with Crippen LogP contribution in [-0.2, 0) is 6.18 Å². The molecular weight excluding hydrogens is 516 g/mol. The van der Waals surface area contributed by atoms with Crippen LogP contribution in [0.2, 0.25) is 5.02 Å². The molecule has 2 fully saturated rings. The Bertz CT molecular complexity index is 968. The molecule has 3 nitrogen and oxygen atoms in total. The van der Waals surface area contributed by atoms with Gasteiger partial charge in [-0.05, 0) is 61.6 Å². The lowest BCUT2D eigenvalue weighted by Crippen LogP contribution is -2.52. The number of hydrogen-bond acceptors (Lipinski definition) is 2. The van der Waals surface area contributed by atoms with E-state index in [2.05, 4.69) is 26.6 Å². The van der Waals surface area contributed by atoms with Gasteiger partial charge in [0.25, 0.3) is 5.91 Å².